The van der Waals surface area contributed by atoms with Crippen molar-refractivity contribution in [3.05, 3.63) is 23.8 Å². The molecule has 0 aliphatic heterocycles. The summed E-state index contributed by atoms with van der Waals surface area (Å²) in [6, 6.07) is 3.13. The molecule has 0 saturated carbocycles. The summed E-state index contributed by atoms with van der Waals surface area (Å²) >= 11 is 0. The topological polar surface area (TPSA) is 147 Å². The van der Waals surface area contributed by atoms with E-state index in [4.69, 9.17) is 14.2 Å². The van der Waals surface area contributed by atoms with E-state index in [0.29, 0.717) is 5.56 Å². The summed E-state index contributed by atoms with van der Waals surface area (Å²) in [6.07, 6.45) is -2.61. The van der Waals surface area contributed by atoms with Gasteiger partial charge in [0.15, 0.2) is 11.5 Å². The highest BCUT2D eigenvalue weighted by Crippen LogP contribution is 2.29. The molecule has 0 bridgehead atoms. The first kappa shape index (κ1) is 23.7. The minimum atomic E-state index is -1.13. The third-order valence-electron chi connectivity index (χ3n) is 3.48. The molecule has 1 aromatic rings. The number of carbonyl (C=O) groups excluding carboxylic acids is 3. The van der Waals surface area contributed by atoms with Crippen LogP contribution < -0.4 is 14.8 Å². The number of carboxylic acid groups (broad SMARTS) is 1. The Bertz CT molecular complexity index is 748. The summed E-state index contributed by atoms with van der Waals surface area (Å²) in [5.74, 6) is -1.88. The van der Waals surface area contributed by atoms with Crippen molar-refractivity contribution in [3.63, 3.8) is 0 Å². The molecule has 1 aromatic carbocycles. The van der Waals surface area contributed by atoms with Gasteiger partial charge in [0, 0.05) is 13.5 Å². The lowest BCUT2D eigenvalue weighted by Crippen LogP contribution is -2.42. The highest BCUT2D eigenvalue weighted by molar-refractivity contribution is 5.74. The van der Waals surface area contributed by atoms with Crippen LogP contribution in [0.15, 0.2) is 18.2 Å². The van der Waals surface area contributed by atoms with Gasteiger partial charge in [-0.05, 0) is 31.0 Å². The van der Waals surface area contributed by atoms with Crippen molar-refractivity contribution >= 4 is 24.2 Å². The number of esters is 1. The van der Waals surface area contributed by atoms with E-state index < -0.39 is 36.4 Å². The molecule has 0 aliphatic rings. The van der Waals surface area contributed by atoms with Crippen LogP contribution >= 0.6 is 0 Å². The molecule has 0 saturated heterocycles. The van der Waals surface area contributed by atoms with Gasteiger partial charge in [-0.25, -0.2) is 9.59 Å². The fourth-order valence-electron chi connectivity index (χ4n) is 2.22. The van der Waals surface area contributed by atoms with Gasteiger partial charge >= 0.3 is 24.2 Å². The predicted molar refractivity (Wildman–Crippen MR) is 96.9 cm³/mol. The summed E-state index contributed by atoms with van der Waals surface area (Å²) in [4.78, 5) is 45.2. The maximum atomic E-state index is 11.5. The molecule has 0 heterocycles. The van der Waals surface area contributed by atoms with E-state index in [0.717, 1.165) is 14.2 Å². The van der Waals surface area contributed by atoms with Crippen LogP contribution in [-0.2, 0) is 30.2 Å². The lowest BCUT2D eigenvalue weighted by Gasteiger charge is -2.18. The first-order valence-corrected chi connectivity index (χ1v) is 8.44. The normalized spacial score (nSPS) is 12.3. The molecule has 11 nitrogen and oxygen atoms in total. The van der Waals surface area contributed by atoms with Crippen LogP contribution in [0.5, 0.6) is 11.5 Å². The van der Waals surface area contributed by atoms with Crippen LogP contribution in [0.4, 0.5) is 9.59 Å². The molecular weight excluding hydrogens is 390 g/mol. The van der Waals surface area contributed by atoms with Crippen LogP contribution in [-0.4, -0.2) is 62.3 Å². The molecule has 2 atom stereocenters. The number of rotatable bonds is 9. The summed E-state index contributed by atoms with van der Waals surface area (Å²) in [5.41, 5.74) is 0.459. The Morgan fingerprint density at radius 1 is 1.03 bits per heavy atom. The second-order valence-corrected chi connectivity index (χ2v) is 5.82. The largest absolute Gasteiger partial charge is 0.513 e. The Hall–Kier alpha value is -3.34. The Labute approximate surface area is 166 Å². The molecule has 1 unspecified atom stereocenters. The highest BCUT2D eigenvalue weighted by Gasteiger charge is 2.21. The highest BCUT2D eigenvalue weighted by atomic mass is 16.7. The zero-order valence-electron chi connectivity index (χ0n) is 16.4. The second-order valence-electron chi connectivity index (χ2n) is 5.82. The molecular formula is C18H23NO10. The number of carboxylic acids is 1. The lowest BCUT2D eigenvalue weighted by atomic mass is 10.0. The minimum Gasteiger partial charge on any atom is -0.480 e. The number of hydrogen-bond donors (Lipinski definition) is 2. The van der Waals surface area contributed by atoms with Gasteiger partial charge in [0.05, 0.1) is 14.2 Å². The maximum Gasteiger partial charge on any atom is 0.513 e. The first-order chi connectivity index (χ1) is 13.7. The zero-order valence-corrected chi connectivity index (χ0v) is 16.4. The number of carbonyl (C=O) groups is 4. The van der Waals surface area contributed by atoms with Gasteiger partial charge in [0.1, 0.15) is 12.1 Å². The van der Waals surface area contributed by atoms with E-state index in [-0.39, 0.29) is 24.5 Å². The zero-order chi connectivity index (χ0) is 22.0. The standard InChI is InChI=1S/C18H23NO10/c1-10(27-11(2)20)9-19-13(16(21)22)7-12-5-6-14(28-17(23)25-3)15(8-12)29-18(24)26-4/h5-6,8,10,13,19H,7,9H2,1-4H3,(H,21,22)/t10?,13-/m0/s1. The summed E-state index contributed by atoms with van der Waals surface area (Å²) in [7, 11) is 2.21. The monoisotopic (exact) mass is 413 g/mol. The Morgan fingerprint density at radius 2 is 1.62 bits per heavy atom. The number of aliphatic carboxylic acids is 1. The molecule has 11 heteroatoms. The SMILES string of the molecule is COC(=O)Oc1ccc(C[C@H](NCC(C)OC(C)=O)C(=O)O)cc1OC(=O)OC. The molecule has 0 spiro atoms. The average molecular weight is 413 g/mol. The van der Waals surface area contributed by atoms with Gasteiger partial charge in [-0.15, -0.1) is 0 Å². The molecule has 0 radical (unpaired) electrons. The van der Waals surface area contributed by atoms with Gasteiger partial charge < -0.3 is 34.1 Å². The van der Waals surface area contributed by atoms with Gasteiger partial charge in [-0.2, -0.15) is 0 Å². The summed E-state index contributed by atoms with van der Waals surface area (Å²) in [5, 5.41) is 12.2. The fraction of sp³-hybridized carbons (Fsp3) is 0.444. The van der Waals surface area contributed by atoms with Crippen molar-refractivity contribution in [1.29, 1.82) is 0 Å². The van der Waals surface area contributed by atoms with Crippen molar-refractivity contribution in [2.45, 2.75) is 32.4 Å². The third kappa shape index (κ3) is 8.47. The summed E-state index contributed by atoms with van der Waals surface area (Å²) in [6.45, 7) is 2.99. The van der Waals surface area contributed by atoms with Gasteiger partial charge in [0.25, 0.3) is 0 Å². The summed E-state index contributed by atoms with van der Waals surface area (Å²) < 4.78 is 23.6. The maximum absolute atomic E-state index is 11.5. The van der Waals surface area contributed by atoms with E-state index >= 15 is 0 Å². The number of methoxy groups -OCH3 is 2. The van der Waals surface area contributed by atoms with Crippen molar-refractivity contribution < 1.29 is 48.0 Å². The smallest absolute Gasteiger partial charge is 0.480 e. The quantitative estimate of drug-likeness (QED) is 0.345. The first-order valence-electron chi connectivity index (χ1n) is 8.44. The molecule has 2 N–H and O–H groups in total. The molecule has 160 valence electrons. The van der Waals surface area contributed by atoms with Crippen LogP contribution in [0.2, 0.25) is 0 Å². The molecule has 0 fully saturated rings. The van der Waals surface area contributed by atoms with Crippen LogP contribution in [0, 0.1) is 0 Å². The van der Waals surface area contributed by atoms with Crippen LogP contribution in [0.1, 0.15) is 19.4 Å². The second kappa shape index (κ2) is 11.5. The van der Waals surface area contributed by atoms with E-state index in [2.05, 4.69) is 14.8 Å². The fourth-order valence-corrected chi connectivity index (χ4v) is 2.22. The predicted octanol–water partition coefficient (Wildman–Crippen LogP) is 1.51. The van der Waals surface area contributed by atoms with Crippen LogP contribution in [0.25, 0.3) is 0 Å². The Kier molecular flexibility index (Phi) is 9.39. The number of nitrogens with one attached hydrogen (secondary N) is 1. The Balaban J connectivity index is 2.97. The van der Waals surface area contributed by atoms with Gasteiger partial charge in [-0.1, -0.05) is 6.07 Å². The van der Waals surface area contributed by atoms with Crippen molar-refractivity contribution in [2.75, 3.05) is 20.8 Å². The van der Waals surface area contributed by atoms with Gasteiger partial charge in [-0.3, -0.25) is 9.59 Å². The lowest BCUT2D eigenvalue weighted by molar-refractivity contribution is -0.145. The number of hydrogen-bond acceptors (Lipinski definition) is 10. The molecule has 0 aliphatic carbocycles. The molecule has 1 rings (SSSR count). The van der Waals surface area contributed by atoms with Crippen LogP contribution in [0.3, 0.4) is 0 Å². The van der Waals surface area contributed by atoms with E-state index in [1.54, 1.807) is 6.92 Å². The number of ether oxygens (including phenoxy) is 5. The molecule has 0 amide bonds. The van der Waals surface area contributed by atoms with E-state index in [1.165, 1.54) is 25.1 Å². The van der Waals surface area contributed by atoms with Crippen molar-refractivity contribution in [1.82, 2.24) is 5.32 Å². The van der Waals surface area contributed by atoms with Gasteiger partial charge in [0.2, 0.25) is 0 Å². The third-order valence-corrected chi connectivity index (χ3v) is 3.48. The number of benzene rings is 1. The Morgan fingerprint density at radius 3 is 2.14 bits per heavy atom. The van der Waals surface area contributed by atoms with Crippen molar-refractivity contribution in [3.8, 4) is 11.5 Å². The van der Waals surface area contributed by atoms with E-state index in [1.807, 2.05) is 0 Å². The average Bonchev–Trinajstić information content (AvgIpc) is 2.65. The van der Waals surface area contributed by atoms with Crippen molar-refractivity contribution in [2.24, 2.45) is 0 Å². The molecule has 29 heavy (non-hydrogen) atoms. The van der Waals surface area contributed by atoms with E-state index in [9.17, 15) is 24.3 Å². The molecule has 0 aromatic heterocycles. The minimum absolute atomic E-state index is 0.00182.